The van der Waals surface area contributed by atoms with Gasteiger partial charge in [-0.15, -0.1) is 11.8 Å². The lowest BCUT2D eigenvalue weighted by Crippen LogP contribution is -2.51. The zero-order valence-corrected chi connectivity index (χ0v) is 10.1. The number of rotatable bonds is 3. The molecule has 0 radical (unpaired) electrons. The molecule has 0 aromatic heterocycles. The highest BCUT2D eigenvalue weighted by molar-refractivity contribution is 8.01. The summed E-state index contributed by atoms with van der Waals surface area (Å²) in [6.07, 6.45) is 0. The molecule has 1 fully saturated rings. The number of amides is 1. The number of piperazine rings is 1. The smallest absolute Gasteiger partial charge is 0.238 e. The fourth-order valence-corrected chi connectivity index (χ4v) is 2.20. The van der Waals surface area contributed by atoms with Crippen LogP contribution in [0.3, 0.4) is 0 Å². The van der Waals surface area contributed by atoms with Crippen molar-refractivity contribution in [3.63, 3.8) is 0 Å². The van der Waals surface area contributed by atoms with Gasteiger partial charge >= 0.3 is 0 Å². The molecular formula is C10H17N3OS. The summed E-state index contributed by atoms with van der Waals surface area (Å²) >= 11 is 1.41. The van der Waals surface area contributed by atoms with Crippen LogP contribution in [0.1, 0.15) is 13.8 Å². The van der Waals surface area contributed by atoms with Gasteiger partial charge in [-0.25, -0.2) is 0 Å². The second-order valence-electron chi connectivity index (χ2n) is 4.00. The minimum absolute atomic E-state index is 0.143. The van der Waals surface area contributed by atoms with Gasteiger partial charge in [-0.1, -0.05) is 0 Å². The maximum Gasteiger partial charge on any atom is 0.238 e. The Hall–Kier alpha value is -0.730. The third-order valence-corrected chi connectivity index (χ3v) is 3.59. The first kappa shape index (κ1) is 12.3. The Bertz CT molecular complexity index is 266. The van der Waals surface area contributed by atoms with Gasteiger partial charge in [0.2, 0.25) is 5.91 Å². The van der Waals surface area contributed by atoms with Gasteiger partial charge in [0.25, 0.3) is 0 Å². The number of carbonyl (C=O) groups is 1. The van der Waals surface area contributed by atoms with Crippen molar-refractivity contribution in [3.05, 3.63) is 0 Å². The first-order valence-electron chi connectivity index (χ1n) is 5.09. The third-order valence-electron chi connectivity index (χ3n) is 2.42. The number of nitrogens with zero attached hydrogens (tertiary/aromatic N) is 2. The molecule has 1 N–H and O–H groups in total. The molecule has 0 aromatic carbocycles. The average Bonchev–Trinajstić information content (AvgIpc) is 2.26. The van der Waals surface area contributed by atoms with E-state index in [1.807, 2.05) is 18.7 Å². The second kappa shape index (κ2) is 5.38. The van der Waals surface area contributed by atoms with E-state index in [2.05, 4.69) is 11.4 Å². The number of nitriles is 1. The van der Waals surface area contributed by atoms with Crippen molar-refractivity contribution >= 4 is 17.7 Å². The monoisotopic (exact) mass is 227 g/mol. The van der Waals surface area contributed by atoms with E-state index in [1.54, 1.807) is 0 Å². The molecule has 0 atom stereocenters. The largest absolute Gasteiger partial charge is 0.339 e. The van der Waals surface area contributed by atoms with Crippen molar-refractivity contribution < 1.29 is 4.79 Å². The number of nitrogens with one attached hydrogen (secondary N) is 1. The van der Waals surface area contributed by atoms with Crippen molar-refractivity contribution in [2.75, 3.05) is 31.9 Å². The molecule has 0 unspecified atom stereocenters. The summed E-state index contributed by atoms with van der Waals surface area (Å²) in [5.41, 5.74) is 0. The van der Waals surface area contributed by atoms with E-state index in [0.29, 0.717) is 5.75 Å². The first-order valence-corrected chi connectivity index (χ1v) is 6.07. The summed E-state index contributed by atoms with van der Waals surface area (Å²) in [6, 6.07) is 2.06. The molecule has 1 heterocycles. The number of thioether (sulfide) groups is 1. The first-order chi connectivity index (χ1) is 7.08. The molecular weight excluding hydrogens is 210 g/mol. The highest BCUT2D eigenvalue weighted by Gasteiger charge is 2.32. The van der Waals surface area contributed by atoms with E-state index < -0.39 is 4.75 Å². The van der Waals surface area contributed by atoms with E-state index in [0.717, 1.165) is 26.2 Å². The molecule has 84 valence electrons. The lowest BCUT2D eigenvalue weighted by molar-refractivity contribution is -0.133. The van der Waals surface area contributed by atoms with E-state index in [4.69, 9.17) is 5.26 Å². The minimum Gasteiger partial charge on any atom is -0.339 e. The van der Waals surface area contributed by atoms with E-state index in [1.165, 1.54) is 11.8 Å². The zero-order valence-electron chi connectivity index (χ0n) is 9.25. The summed E-state index contributed by atoms with van der Waals surface area (Å²) in [6.45, 7) is 7.05. The number of carbonyl (C=O) groups excluding carboxylic acids is 1. The quantitative estimate of drug-likeness (QED) is 0.761. The SMILES string of the molecule is CC(C)(SCC#N)C(=O)N1CCNCC1. The average molecular weight is 227 g/mol. The highest BCUT2D eigenvalue weighted by atomic mass is 32.2. The molecule has 1 saturated heterocycles. The molecule has 0 spiro atoms. The summed E-state index contributed by atoms with van der Waals surface area (Å²) in [4.78, 5) is 14.0. The van der Waals surface area contributed by atoms with Crippen molar-refractivity contribution in [2.45, 2.75) is 18.6 Å². The highest BCUT2D eigenvalue weighted by Crippen LogP contribution is 2.26. The number of hydrogen-bond acceptors (Lipinski definition) is 4. The molecule has 0 aliphatic carbocycles. The van der Waals surface area contributed by atoms with Crippen LogP contribution in [0.5, 0.6) is 0 Å². The number of hydrogen-bond donors (Lipinski definition) is 1. The Morgan fingerprint density at radius 3 is 2.67 bits per heavy atom. The lowest BCUT2D eigenvalue weighted by Gasteiger charge is -2.33. The van der Waals surface area contributed by atoms with Crippen LogP contribution in [0.25, 0.3) is 0 Å². The summed E-state index contributed by atoms with van der Waals surface area (Å²) in [7, 11) is 0. The minimum atomic E-state index is -0.479. The molecule has 15 heavy (non-hydrogen) atoms. The molecule has 4 nitrogen and oxygen atoms in total. The molecule has 0 bridgehead atoms. The van der Waals surface area contributed by atoms with Crippen LogP contribution in [0.4, 0.5) is 0 Å². The van der Waals surface area contributed by atoms with Crippen molar-refractivity contribution in [1.29, 1.82) is 5.26 Å². The van der Waals surface area contributed by atoms with Gasteiger partial charge in [0.15, 0.2) is 0 Å². The third kappa shape index (κ3) is 3.40. The zero-order chi connectivity index (χ0) is 11.3. The van der Waals surface area contributed by atoms with Crippen molar-refractivity contribution in [1.82, 2.24) is 10.2 Å². The Kier molecular flexibility index (Phi) is 4.43. The molecule has 1 amide bonds. The summed E-state index contributed by atoms with van der Waals surface area (Å²) < 4.78 is -0.479. The van der Waals surface area contributed by atoms with E-state index >= 15 is 0 Å². The maximum absolute atomic E-state index is 12.1. The molecule has 1 aliphatic rings. The van der Waals surface area contributed by atoms with Gasteiger partial charge in [-0.2, -0.15) is 5.26 Å². The van der Waals surface area contributed by atoms with Gasteiger partial charge in [0, 0.05) is 26.2 Å². The van der Waals surface area contributed by atoms with Crippen LogP contribution < -0.4 is 5.32 Å². The van der Waals surface area contributed by atoms with Crippen LogP contribution in [0.2, 0.25) is 0 Å². The van der Waals surface area contributed by atoms with Crippen LogP contribution in [0.15, 0.2) is 0 Å². The predicted molar refractivity (Wildman–Crippen MR) is 61.6 cm³/mol. The Balaban J connectivity index is 2.53. The molecule has 0 aromatic rings. The standard InChI is InChI=1S/C10H17N3OS/c1-10(2,15-8-3-11)9(14)13-6-4-12-5-7-13/h12H,4-8H2,1-2H3. The fourth-order valence-electron chi connectivity index (χ4n) is 1.52. The van der Waals surface area contributed by atoms with Gasteiger partial charge in [-0.3, -0.25) is 4.79 Å². The van der Waals surface area contributed by atoms with E-state index in [-0.39, 0.29) is 5.91 Å². The van der Waals surface area contributed by atoms with Crippen molar-refractivity contribution in [3.8, 4) is 6.07 Å². The van der Waals surface area contributed by atoms with Crippen LogP contribution in [-0.4, -0.2) is 47.5 Å². The second-order valence-corrected chi connectivity index (χ2v) is 5.60. The van der Waals surface area contributed by atoms with Gasteiger partial charge in [-0.05, 0) is 13.8 Å². The van der Waals surface area contributed by atoms with E-state index in [9.17, 15) is 4.79 Å². The predicted octanol–water partition coefficient (Wildman–Crippen LogP) is 0.454. The summed E-state index contributed by atoms with van der Waals surface area (Å²) in [5.74, 6) is 0.509. The molecule has 5 heteroatoms. The maximum atomic E-state index is 12.1. The summed E-state index contributed by atoms with van der Waals surface area (Å²) in [5, 5.41) is 11.7. The Labute approximate surface area is 95.0 Å². The van der Waals surface area contributed by atoms with Crippen LogP contribution in [-0.2, 0) is 4.79 Å². The van der Waals surface area contributed by atoms with Gasteiger partial charge < -0.3 is 10.2 Å². The molecule has 1 aliphatic heterocycles. The topological polar surface area (TPSA) is 56.1 Å². The lowest BCUT2D eigenvalue weighted by atomic mass is 10.1. The molecule has 0 saturated carbocycles. The molecule has 1 rings (SSSR count). The van der Waals surface area contributed by atoms with Crippen molar-refractivity contribution in [2.24, 2.45) is 0 Å². The van der Waals surface area contributed by atoms with Crippen LogP contribution in [0, 0.1) is 11.3 Å². The van der Waals surface area contributed by atoms with Gasteiger partial charge in [0.05, 0.1) is 16.6 Å². The van der Waals surface area contributed by atoms with Gasteiger partial charge in [0.1, 0.15) is 0 Å². The normalized spacial score (nSPS) is 17.3. The fraction of sp³-hybridized carbons (Fsp3) is 0.800. The van der Waals surface area contributed by atoms with Crippen LogP contribution >= 0.6 is 11.8 Å². The Morgan fingerprint density at radius 2 is 2.13 bits per heavy atom. The Morgan fingerprint density at radius 1 is 1.53 bits per heavy atom.